The number of piperazine rings is 1. The van der Waals surface area contributed by atoms with Crippen molar-refractivity contribution in [3.63, 3.8) is 0 Å². The first-order valence-corrected chi connectivity index (χ1v) is 13.6. The number of carbonyl (C=O) groups is 1. The van der Waals surface area contributed by atoms with Gasteiger partial charge in [-0.3, -0.25) is 9.69 Å². The lowest BCUT2D eigenvalue weighted by atomic mass is 9.96. The molecule has 2 aromatic rings. The second kappa shape index (κ2) is 11.3. The summed E-state index contributed by atoms with van der Waals surface area (Å²) in [4.78, 5) is 24.5. The highest BCUT2D eigenvalue weighted by molar-refractivity contribution is 7.89. The van der Waals surface area contributed by atoms with Crippen molar-refractivity contribution in [1.82, 2.24) is 19.5 Å². The predicted octanol–water partition coefficient (Wildman–Crippen LogP) is 1.98. The van der Waals surface area contributed by atoms with Crippen LogP contribution in [0.25, 0.3) is 0 Å². The first-order chi connectivity index (χ1) is 16.4. The van der Waals surface area contributed by atoms with E-state index >= 15 is 0 Å². The van der Waals surface area contributed by atoms with Crippen LogP contribution in [-0.2, 0) is 21.2 Å². The first kappa shape index (κ1) is 24.6. The van der Waals surface area contributed by atoms with Crippen LogP contribution in [-0.4, -0.2) is 82.0 Å². The van der Waals surface area contributed by atoms with Crippen molar-refractivity contribution in [3.05, 3.63) is 54.2 Å². The van der Waals surface area contributed by atoms with Gasteiger partial charge in [-0.05, 0) is 62.1 Å². The Morgan fingerprint density at radius 1 is 1.06 bits per heavy atom. The number of rotatable bonds is 8. The number of aromatic nitrogens is 1. The molecule has 2 saturated heterocycles. The summed E-state index contributed by atoms with van der Waals surface area (Å²) in [5, 5.41) is 0. The van der Waals surface area contributed by atoms with Crippen molar-refractivity contribution in [2.45, 2.75) is 30.6 Å². The number of nitrogens with one attached hydrogen (secondary N) is 1. The van der Waals surface area contributed by atoms with Crippen molar-refractivity contribution in [3.8, 4) is 0 Å². The second-order valence-electron chi connectivity index (χ2n) is 9.18. The summed E-state index contributed by atoms with van der Waals surface area (Å²) in [5.74, 6) is 1.76. The first-order valence-electron chi connectivity index (χ1n) is 12.1. The molecule has 0 spiro atoms. The van der Waals surface area contributed by atoms with Gasteiger partial charge in [-0.25, -0.2) is 18.1 Å². The van der Waals surface area contributed by atoms with Crippen molar-refractivity contribution >= 4 is 21.7 Å². The summed E-state index contributed by atoms with van der Waals surface area (Å²) in [5.41, 5.74) is 0.975. The van der Waals surface area contributed by atoms with Gasteiger partial charge in [-0.2, -0.15) is 0 Å². The van der Waals surface area contributed by atoms with E-state index in [0.29, 0.717) is 18.8 Å². The number of aryl methyl sites for hydroxylation is 1. The number of anilines is 1. The SMILES string of the molecule is CNS(=O)(=O)c1ccc(CCC(=O)N2CCCC(CN3CCN(c4ccccn4)CC3)C2)cc1. The molecule has 184 valence electrons. The van der Waals surface area contributed by atoms with Crippen LogP contribution >= 0.6 is 0 Å². The highest BCUT2D eigenvalue weighted by atomic mass is 32.2. The average Bonchev–Trinajstić information content (AvgIpc) is 2.88. The summed E-state index contributed by atoms with van der Waals surface area (Å²) in [7, 11) is -2.04. The number of pyridine rings is 1. The summed E-state index contributed by atoms with van der Waals surface area (Å²) < 4.78 is 26.0. The minimum atomic E-state index is -3.43. The maximum Gasteiger partial charge on any atom is 0.240 e. The van der Waals surface area contributed by atoms with Crippen LogP contribution in [0, 0.1) is 5.92 Å². The average molecular weight is 486 g/mol. The molecule has 2 aliphatic rings. The van der Waals surface area contributed by atoms with Gasteiger partial charge in [0.2, 0.25) is 15.9 Å². The highest BCUT2D eigenvalue weighted by Crippen LogP contribution is 2.21. The van der Waals surface area contributed by atoms with E-state index in [9.17, 15) is 13.2 Å². The molecule has 1 amide bonds. The maximum absolute atomic E-state index is 12.9. The topological polar surface area (TPSA) is 85.8 Å². The zero-order valence-corrected chi connectivity index (χ0v) is 20.7. The molecule has 1 atom stereocenters. The monoisotopic (exact) mass is 485 g/mol. The van der Waals surface area contributed by atoms with E-state index in [1.54, 1.807) is 24.3 Å². The molecule has 4 rings (SSSR count). The molecule has 34 heavy (non-hydrogen) atoms. The molecular formula is C25H35N5O3S. The zero-order chi connectivity index (χ0) is 24.0. The van der Waals surface area contributed by atoms with E-state index in [1.165, 1.54) is 13.5 Å². The fourth-order valence-electron chi connectivity index (χ4n) is 4.87. The molecule has 1 aromatic carbocycles. The summed E-state index contributed by atoms with van der Waals surface area (Å²) in [6, 6.07) is 12.8. The third-order valence-electron chi connectivity index (χ3n) is 6.86. The molecule has 3 heterocycles. The third-order valence-corrected chi connectivity index (χ3v) is 8.29. The molecular weight excluding hydrogens is 450 g/mol. The minimum Gasteiger partial charge on any atom is -0.354 e. The van der Waals surface area contributed by atoms with Crippen molar-refractivity contribution in [2.24, 2.45) is 5.92 Å². The van der Waals surface area contributed by atoms with E-state index in [2.05, 4.69) is 25.6 Å². The number of sulfonamides is 1. The van der Waals surface area contributed by atoms with Gasteiger partial charge >= 0.3 is 0 Å². The van der Waals surface area contributed by atoms with Gasteiger partial charge in [0.15, 0.2) is 0 Å². The zero-order valence-electron chi connectivity index (χ0n) is 19.9. The van der Waals surface area contributed by atoms with E-state index in [0.717, 1.165) is 63.6 Å². The Morgan fingerprint density at radius 2 is 1.82 bits per heavy atom. The van der Waals surface area contributed by atoms with E-state index < -0.39 is 10.0 Å². The molecule has 0 saturated carbocycles. The number of nitrogens with zero attached hydrogens (tertiary/aromatic N) is 4. The van der Waals surface area contributed by atoms with Gasteiger partial charge in [-0.15, -0.1) is 0 Å². The molecule has 0 radical (unpaired) electrons. The Bertz CT molecular complexity index is 1040. The van der Waals surface area contributed by atoms with Crippen molar-refractivity contribution in [1.29, 1.82) is 0 Å². The lowest BCUT2D eigenvalue weighted by molar-refractivity contribution is -0.133. The number of amides is 1. The maximum atomic E-state index is 12.9. The van der Waals surface area contributed by atoms with Crippen LogP contribution in [0.4, 0.5) is 5.82 Å². The summed E-state index contributed by atoms with van der Waals surface area (Å²) in [6.45, 7) is 6.74. The van der Waals surface area contributed by atoms with Crippen molar-refractivity contribution in [2.75, 3.05) is 57.8 Å². The van der Waals surface area contributed by atoms with Gasteiger partial charge in [0.05, 0.1) is 4.90 Å². The second-order valence-corrected chi connectivity index (χ2v) is 11.1. The smallest absolute Gasteiger partial charge is 0.240 e. The Labute approximate surface area is 203 Å². The van der Waals surface area contributed by atoms with Crippen LogP contribution < -0.4 is 9.62 Å². The van der Waals surface area contributed by atoms with Gasteiger partial charge < -0.3 is 9.80 Å². The predicted molar refractivity (Wildman–Crippen MR) is 133 cm³/mol. The number of likely N-dealkylation sites (tertiary alicyclic amines) is 1. The number of hydrogen-bond acceptors (Lipinski definition) is 6. The quantitative estimate of drug-likeness (QED) is 0.616. The van der Waals surface area contributed by atoms with Gasteiger partial charge in [0.25, 0.3) is 0 Å². The minimum absolute atomic E-state index is 0.191. The highest BCUT2D eigenvalue weighted by Gasteiger charge is 2.26. The third kappa shape index (κ3) is 6.34. The number of piperidine rings is 1. The fourth-order valence-corrected chi connectivity index (χ4v) is 5.60. The number of hydrogen-bond donors (Lipinski definition) is 1. The van der Waals surface area contributed by atoms with E-state index in [4.69, 9.17) is 0 Å². The van der Waals surface area contributed by atoms with Crippen LogP contribution in [0.1, 0.15) is 24.8 Å². The molecule has 2 fully saturated rings. The van der Waals surface area contributed by atoms with Crippen LogP contribution in [0.3, 0.4) is 0 Å². The molecule has 8 nitrogen and oxygen atoms in total. The van der Waals surface area contributed by atoms with Crippen LogP contribution in [0.15, 0.2) is 53.6 Å². The van der Waals surface area contributed by atoms with E-state index in [1.807, 2.05) is 23.2 Å². The largest absolute Gasteiger partial charge is 0.354 e. The lowest BCUT2D eigenvalue weighted by Gasteiger charge is -2.39. The summed E-state index contributed by atoms with van der Waals surface area (Å²) in [6.07, 6.45) is 5.15. The number of carbonyl (C=O) groups excluding carboxylic acids is 1. The molecule has 2 aliphatic heterocycles. The normalized spacial score (nSPS) is 19.9. The van der Waals surface area contributed by atoms with Crippen LogP contribution in [0.5, 0.6) is 0 Å². The Hall–Kier alpha value is -2.49. The van der Waals surface area contributed by atoms with Gasteiger partial charge in [0.1, 0.15) is 5.82 Å². The fraction of sp³-hybridized carbons (Fsp3) is 0.520. The molecule has 1 unspecified atom stereocenters. The standard InChI is InChI=1S/C25H35N5O3S/c1-26-34(32,33)23-10-7-21(8-11-23)9-12-25(31)30-14-4-5-22(20-30)19-28-15-17-29(18-16-28)24-6-2-3-13-27-24/h2-3,6-8,10-11,13,22,26H,4-5,9,12,14-20H2,1H3. The summed E-state index contributed by atoms with van der Waals surface area (Å²) >= 11 is 0. The van der Waals surface area contributed by atoms with Gasteiger partial charge in [-0.1, -0.05) is 18.2 Å². The molecule has 1 aromatic heterocycles. The van der Waals surface area contributed by atoms with E-state index in [-0.39, 0.29) is 10.8 Å². The molecule has 0 bridgehead atoms. The Balaban J connectivity index is 1.22. The van der Waals surface area contributed by atoms with Gasteiger partial charge in [0, 0.05) is 58.4 Å². The number of benzene rings is 1. The Morgan fingerprint density at radius 3 is 2.50 bits per heavy atom. The molecule has 1 N–H and O–H groups in total. The Kier molecular flexibility index (Phi) is 8.18. The lowest BCUT2D eigenvalue weighted by Crippen LogP contribution is -2.50. The van der Waals surface area contributed by atoms with Crippen LogP contribution in [0.2, 0.25) is 0 Å². The molecule has 0 aliphatic carbocycles. The molecule has 9 heteroatoms. The van der Waals surface area contributed by atoms with Crippen molar-refractivity contribution < 1.29 is 13.2 Å².